The highest BCUT2D eigenvalue weighted by molar-refractivity contribution is 6.03. The van der Waals surface area contributed by atoms with Crippen LogP contribution in [0.4, 0.5) is 5.69 Å². The topological polar surface area (TPSA) is 38.8 Å². The summed E-state index contributed by atoms with van der Waals surface area (Å²) in [5, 5.41) is 0. The van der Waals surface area contributed by atoms with E-state index in [9.17, 15) is 4.79 Å². The molecule has 2 atom stereocenters. The van der Waals surface area contributed by atoms with Crippen molar-refractivity contribution in [1.29, 1.82) is 0 Å². The SMILES string of the molecule is COc1ccc(N2C(=O)[C@H](CCCc3ccccc3)[C@H]2c2ccc(OC(C)(C)C)cc2)cc1. The molecule has 0 aliphatic carbocycles. The molecule has 1 fully saturated rings. The van der Waals surface area contributed by atoms with Crippen LogP contribution < -0.4 is 14.4 Å². The van der Waals surface area contributed by atoms with Gasteiger partial charge in [0, 0.05) is 5.69 Å². The van der Waals surface area contributed by atoms with Crippen molar-refractivity contribution in [1.82, 2.24) is 0 Å². The first-order chi connectivity index (χ1) is 15.9. The van der Waals surface area contributed by atoms with Crippen LogP contribution >= 0.6 is 0 Å². The molecule has 0 saturated carbocycles. The number of benzene rings is 3. The maximum atomic E-state index is 13.3. The number of hydrogen-bond acceptors (Lipinski definition) is 3. The van der Waals surface area contributed by atoms with Crippen molar-refractivity contribution in [2.45, 2.75) is 51.7 Å². The van der Waals surface area contributed by atoms with Crippen LogP contribution in [-0.2, 0) is 11.2 Å². The summed E-state index contributed by atoms with van der Waals surface area (Å²) in [6.45, 7) is 6.12. The zero-order chi connectivity index (χ0) is 23.4. The zero-order valence-corrected chi connectivity index (χ0v) is 20.0. The van der Waals surface area contributed by atoms with Gasteiger partial charge in [0.05, 0.1) is 19.1 Å². The van der Waals surface area contributed by atoms with Crippen LogP contribution in [0.3, 0.4) is 0 Å². The fourth-order valence-corrected chi connectivity index (χ4v) is 4.50. The summed E-state index contributed by atoms with van der Waals surface area (Å²) in [6.07, 6.45) is 2.84. The van der Waals surface area contributed by atoms with Crippen molar-refractivity contribution < 1.29 is 14.3 Å². The lowest BCUT2D eigenvalue weighted by atomic mass is 9.78. The Morgan fingerprint density at radius 3 is 2.09 bits per heavy atom. The Labute approximate surface area is 197 Å². The highest BCUT2D eigenvalue weighted by Crippen LogP contribution is 2.46. The first kappa shape index (κ1) is 22.9. The van der Waals surface area contributed by atoms with E-state index in [1.165, 1.54) is 5.56 Å². The van der Waals surface area contributed by atoms with Gasteiger partial charge in [0.1, 0.15) is 17.1 Å². The average Bonchev–Trinajstić information content (AvgIpc) is 2.81. The molecule has 4 heteroatoms. The third-order valence-corrected chi connectivity index (χ3v) is 6.03. The Morgan fingerprint density at radius 1 is 0.848 bits per heavy atom. The maximum absolute atomic E-state index is 13.3. The molecule has 1 aliphatic rings. The first-order valence-electron chi connectivity index (χ1n) is 11.7. The van der Waals surface area contributed by atoms with Crippen LogP contribution in [0.25, 0.3) is 0 Å². The van der Waals surface area contributed by atoms with Crippen LogP contribution in [0.1, 0.15) is 50.8 Å². The fraction of sp³-hybridized carbons (Fsp3) is 0.345. The normalized spacial score (nSPS) is 18.1. The molecule has 0 spiro atoms. The number of rotatable bonds is 8. The number of ether oxygens (including phenoxy) is 2. The van der Waals surface area contributed by atoms with Gasteiger partial charge in [-0.3, -0.25) is 4.79 Å². The minimum Gasteiger partial charge on any atom is -0.497 e. The molecule has 1 saturated heterocycles. The molecule has 33 heavy (non-hydrogen) atoms. The van der Waals surface area contributed by atoms with E-state index in [-0.39, 0.29) is 23.5 Å². The van der Waals surface area contributed by atoms with Crippen molar-refractivity contribution in [3.8, 4) is 11.5 Å². The number of carbonyl (C=O) groups is 1. The Morgan fingerprint density at radius 2 is 1.48 bits per heavy atom. The minimum atomic E-state index is -0.247. The van der Waals surface area contributed by atoms with Crippen molar-refractivity contribution in [3.05, 3.63) is 90.0 Å². The summed E-state index contributed by atoms with van der Waals surface area (Å²) < 4.78 is 11.3. The van der Waals surface area contributed by atoms with E-state index in [1.54, 1.807) is 7.11 Å². The van der Waals surface area contributed by atoms with Gasteiger partial charge in [0.2, 0.25) is 5.91 Å². The maximum Gasteiger partial charge on any atom is 0.233 e. The number of carbonyl (C=O) groups excluding carboxylic acids is 1. The molecule has 1 heterocycles. The van der Waals surface area contributed by atoms with Crippen LogP contribution in [0.5, 0.6) is 11.5 Å². The second kappa shape index (κ2) is 9.70. The lowest BCUT2D eigenvalue weighted by Crippen LogP contribution is -2.55. The van der Waals surface area contributed by atoms with Crippen molar-refractivity contribution >= 4 is 11.6 Å². The van der Waals surface area contributed by atoms with Gasteiger partial charge in [-0.05, 0) is 87.6 Å². The summed E-state index contributed by atoms with van der Waals surface area (Å²) >= 11 is 0. The van der Waals surface area contributed by atoms with Crippen LogP contribution in [-0.4, -0.2) is 18.6 Å². The van der Waals surface area contributed by atoms with Crippen LogP contribution in [0.15, 0.2) is 78.9 Å². The summed E-state index contributed by atoms with van der Waals surface area (Å²) in [4.78, 5) is 15.2. The summed E-state index contributed by atoms with van der Waals surface area (Å²) in [7, 11) is 1.65. The average molecular weight is 444 g/mol. The van der Waals surface area contributed by atoms with Crippen LogP contribution in [0.2, 0.25) is 0 Å². The number of methoxy groups -OCH3 is 1. The van der Waals surface area contributed by atoms with E-state index in [4.69, 9.17) is 9.47 Å². The molecule has 0 unspecified atom stereocenters. The lowest BCUT2D eigenvalue weighted by Gasteiger charge is -2.48. The zero-order valence-electron chi connectivity index (χ0n) is 20.0. The van der Waals surface area contributed by atoms with Gasteiger partial charge in [-0.25, -0.2) is 0 Å². The smallest absolute Gasteiger partial charge is 0.233 e. The number of amides is 1. The van der Waals surface area contributed by atoms with E-state index >= 15 is 0 Å². The van der Waals surface area contributed by atoms with Gasteiger partial charge in [0.25, 0.3) is 0 Å². The number of β-lactam (4-membered cyclic amide) rings is 1. The molecule has 0 radical (unpaired) electrons. The minimum absolute atomic E-state index is 0.0188. The van der Waals surface area contributed by atoms with E-state index in [2.05, 4.69) is 36.4 Å². The quantitative estimate of drug-likeness (QED) is 0.368. The molecule has 0 aromatic heterocycles. The van der Waals surface area contributed by atoms with Gasteiger partial charge in [-0.1, -0.05) is 42.5 Å². The highest BCUT2D eigenvalue weighted by atomic mass is 16.5. The number of nitrogens with zero attached hydrogens (tertiary/aromatic N) is 1. The molecule has 3 aromatic carbocycles. The molecule has 1 aliphatic heterocycles. The summed E-state index contributed by atoms with van der Waals surface area (Å²) in [5.41, 5.74) is 3.11. The Bertz CT molecular complexity index is 1050. The van der Waals surface area contributed by atoms with Gasteiger partial charge < -0.3 is 14.4 Å². The standard InChI is InChI=1S/C29H33NO3/c1-29(2,3)33-25-17-13-22(14-18-25)27-26(12-8-11-21-9-6-5-7-10-21)28(31)30(27)23-15-19-24(32-4)20-16-23/h5-7,9-10,13-20,26-27H,8,11-12H2,1-4H3/t26-,27-/m1/s1. The molecular formula is C29H33NO3. The molecule has 0 N–H and O–H groups in total. The molecular weight excluding hydrogens is 410 g/mol. The van der Waals surface area contributed by atoms with Crippen LogP contribution in [0, 0.1) is 5.92 Å². The third kappa shape index (κ3) is 5.39. The fourth-order valence-electron chi connectivity index (χ4n) is 4.50. The first-order valence-corrected chi connectivity index (χ1v) is 11.7. The van der Waals surface area contributed by atoms with Crippen molar-refractivity contribution in [2.75, 3.05) is 12.0 Å². The predicted octanol–water partition coefficient (Wildman–Crippen LogP) is 6.60. The molecule has 3 aromatic rings. The Hall–Kier alpha value is -3.27. The monoisotopic (exact) mass is 443 g/mol. The van der Waals surface area contributed by atoms with Crippen molar-refractivity contribution in [2.24, 2.45) is 5.92 Å². The third-order valence-electron chi connectivity index (χ3n) is 6.03. The number of anilines is 1. The highest BCUT2D eigenvalue weighted by Gasteiger charge is 2.48. The second-order valence-corrected chi connectivity index (χ2v) is 9.62. The van der Waals surface area contributed by atoms with E-state index in [1.807, 2.05) is 68.1 Å². The molecule has 172 valence electrons. The number of aryl methyl sites for hydroxylation is 1. The lowest BCUT2D eigenvalue weighted by molar-refractivity contribution is -0.130. The molecule has 4 nitrogen and oxygen atoms in total. The van der Waals surface area contributed by atoms with Gasteiger partial charge in [-0.15, -0.1) is 0 Å². The molecule has 0 bridgehead atoms. The summed E-state index contributed by atoms with van der Waals surface area (Å²) in [6, 6.07) is 26.4. The van der Waals surface area contributed by atoms with Gasteiger partial charge in [-0.2, -0.15) is 0 Å². The van der Waals surface area contributed by atoms with Gasteiger partial charge in [0.15, 0.2) is 0 Å². The number of hydrogen-bond donors (Lipinski definition) is 0. The molecule has 1 amide bonds. The predicted molar refractivity (Wildman–Crippen MR) is 133 cm³/mol. The van der Waals surface area contributed by atoms with E-state index < -0.39 is 0 Å². The van der Waals surface area contributed by atoms with E-state index in [0.29, 0.717) is 0 Å². The second-order valence-electron chi connectivity index (χ2n) is 9.62. The van der Waals surface area contributed by atoms with Crippen molar-refractivity contribution in [3.63, 3.8) is 0 Å². The van der Waals surface area contributed by atoms with E-state index in [0.717, 1.165) is 42.0 Å². The van der Waals surface area contributed by atoms with Gasteiger partial charge >= 0.3 is 0 Å². The Balaban J connectivity index is 1.54. The summed E-state index contributed by atoms with van der Waals surface area (Å²) in [5.74, 6) is 1.79. The molecule has 4 rings (SSSR count). The largest absolute Gasteiger partial charge is 0.497 e. The Kier molecular flexibility index (Phi) is 6.73.